The maximum Gasteiger partial charge on any atom is 0.0540 e. The molecule has 14 aromatic carbocycles. The van der Waals surface area contributed by atoms with Crippen LogP contribution >= 0.6 is 0 Å². The zero-order chi connectivity index (χ0) is 55.9. The molecule has 18 rings (SSSR count). The fourth-order valence-electron chi connectivity index (χ4n) is 17.5. The molecule has 0 saturated heterocycles. The van der Waals surface area contributed by atoms with Crippen molar-refractivity contribution in [3.8, 4) is 0 Å². The third kappa shape index (κ3) is 7.55. The number of benzene rings is 14. The first-order valence-corrected chi connectivity index (χ1v) is 30.7. The number of hydrogen-bond acceptors (Lipinski definition) is 2. The van der Waals surface area contributed by atoms with Gasteiger partial charge in [0.05, 0.1) is 34.1 Å². The summed E-state index contributed by atoms with van der Waals surface area (Å²) in [5.41, 5.74) is 15.5. The predicted octanol–water partition coefficient (Wildman–Crippen LogP) is 22.8. The average Bonchev–Trinajstić information content (AvgIpc) is 1.01. The number of fused-ring (bicyclic) bond motifs is 8. The van der Waals surface area contributed by atoms with Crippen molar-refractivity contribution >= 4 is 120 Å². The minimum Gasteiger partial charge on any atom is -0.309 e. The average molecular weight is 1080 g/mol. The third-order valence-electron chi connectivity index (χ3n) is 20.7. The molecule has 0 amide bonds. The van der Waals surface area contributed by atoms with Crippen molar-refractivity contribution < 1.29 is 0 Å². The smallest absolute Gasteiger partial charge is 0.0540 e. The fraction of sp³-hybridized carbons (Fsp3) is 0.171. The molecular weight excluding hydrogens is 1010 g/mol. The second-order valence-corrected chi connectivity index (χ2v) is 25.6. The van der Waals surface area contributed by atoms with Crippen molar-refractivity contribution in [1.82, 2.24) is 0 Å². The summed E-state index contributed by atoms with van der Waals surface area (Å²) >= 11 is 0. The number of hydrogen-bond donors (Lipinski definition) is 0. The Kier molecular flexibility index (Phi) is 11.1. The maximum absolute atomic E-state index is 2.67. The Bertz CT molecular complexity index is 4450. The van der Waals surface area contributed by atoms with Crippen molar-refractivity contribution in [2.24, 2.45) is 23.7 Å². The summed E-state index contributed by atoms with van der Waals surface area (Å²) in [5.74, 6) is 2.74. The molecule has 0 radical (unpaired) electrons. The molecule has 14 aromatic rings. The quantitative estimate of drug-likeness (QED) is 0.140. The van der Waals surface area contributed by atoms with Crippen LogP contribution < -0.4 is 9.80 Å². The molecule has 404 valence electrons. The standard InChI is InChI=1S/C82H66N2/c1-50-33-68(34-51(2)80(50)83(76-29-13-25-64-42-56-17-5-9-21-60(56)46-72(64)76)77-30-14-26-65-43-57-18-6-10-22-61(57)47-73(65)77)82(70-38-54-37-55(40-70)41-71(82)39-54)69-35-52(3)81(53(4)36-69)84(78-31-15-27-66-44-58-19-7-11-23-62(58)48-74(66)78)79-32-16-28-67-45-59-20-8-12-24-63(59)49-75(67)79/h5-36,42-49,54-55,70-71H,37-41H2,1-4H3. The molecule has 0 atom stereocenters. The highest BCUT2D eigenvalue weighted by Crippen LogP contribution is 2.66. The van der Waals surface area contributed by atoms with E-state index in [0.717, 1.165) is 11.8 Å². The highest BCUT2D eigenvalue weighted by molar-refractivity contribution is 6.13. The largest absolute Gasteiger partial charge is 0.309 e. The number of anilines is 6. The van der Waals surface area contributed by atoms with Gasteiger partial charge in [-0.3, -0.25) is 0 Å². The van der Waals surface area contributed by atoms with Crippen LogP contribution in [0.3, 0.4) is 0 Å². The summed E-state index contributed by atoms with van der Waals surface area (Å²) in [6.07, 6.45) is 6.60. The van der Waals surface area contributed by atoms with E-state index in [1.54, 1.807) is 0 Å². The number of rotatable bonds is 8. The van der Waals surface area contributed by atoms with E-state index in [2.05, 4.69) is 280 Å². The lowest BCUT2D eigenvalue weighted by Crippen LogP contribution is -2.56. The summed E-state index contributed by atoms with van der Waals surface area (Å²) in [6, 6.07) is 92.9. The third-order valence-corrected chi connectivity index (χ3v) is 20.7. The summed E-state index contributed by atoms with van der Waals surface area (Å²) in [4.78, 5) is 5.27. The monoisotopic (exact) mass is 1080 g/mol. The Morgan fingerprint density at radius 3 is 0.762 bits per heavy atom. The van der Waals surface area contributed by atoms with Crippen LogP contribution in [0.4, 0.5) is 34.1 Å². The zero-order valence-electron chi connectivity index (χ0n) is 48.3. The van der Waals surface area contributed by atoms with Gasteiger partial charge in [0.2, 0.25) is 0 Å². The van der Waals surface area contributed by atoms with Crippen LogP contribution in [0.25, 0.3) is 86.2 Å². The van der Waals surface area contributed by atoms with Gasteiger partial charge in [-0.25, -0.2) is 0 Å². The Hall–Kier alpha value is -9.24. The van der Waals surface area contributed by atoms with Crippen molar-refractivity contribution in [2.45, 2.75) is 65.2 Å². The predicted molar refractivity (Wildman–Crippen MR) is 359 cm³/mol. The van der Waals surface area contributed by atoms with Gasteiger partial charge in [0, 0.05) is 27.0 Å². The van der Waals surface area contributed by atoms with Crippen molar-refractivity contribution in [2.75, 3.05) is 9.80 Å². The van der Waals surface area contributed by atoms with Crippen molar-refractivity contribution in [3.63, 3.8) is 0 Å². The molecular formula is C82H66N2. The number of nitrogens with zero attached hydrogens (tertiary/aromatic N) is 2. The molecule has 4 aliphatic rings. The Morgan fingerprint density at radius 1 is 0.262 bits per heavy atom. The lowest BCUT2D eigenvalue weighted by atomic mass is 9.42. The molecule has 84 heavy (non-hydrogen) atoms. The van der Waals surface area contributed by atoms with Gasteiger partial charge < -0.3 is 9.80 Å². The molecule has 0 N–H and O–H groups in total. The molecule has 2 heteroatoms. The van der Waals surface area contributed by atoms with E-state index >= 15 is 0 Å². The first kappa shape index (κ1) is 49.4. The molecule has 0 spiro atoms. The van der Waals surface area contributed by atoms with Gasteiger partial charge in [-0.1, -0.05) is 170 Å². The molecule has 0 heterocycles. The van der Waals surface area contributed by atoms with Crippen LogP contribution in [0.5, 0.6) is 0 Å². The van der Waals surface area contributed by atoms with Gasteiger partial charge >= 0.3 is 0 Å². The summed E-state index contributed by atoms with van der Waals surface area (Å²) < 4.78 is 0. The first-order valence-electron chi connectivity index (χ1n) is 30.7. The first-order chi connectivity index (χ1) is 41.2. The van der Waals surface area contributed by atoms with Gasteiger partial charge in [-0.15, -0.1) is 0 Å². The van der Waals surface area contributed by atoms with E-state index in [1.165, 1.54) is 186 Å². The van der Waals surface area contributed by atoms with E-state index in [-0.39, 0.29) is 5.41 Å². The van der Waals surface area contributed by atoms with E-state index in [4.69, 9.17) is 0 Å². The molecule has 0 unspecified atom stereocenters. The van der Waals surface area contributed by atoms with E-state index in [0.29, 0.717) is 11.8 Å². The SMILES string of the molecule is Cc1cc(C2(c3cc(C)c(N(c4cccc5cc6ccccc6cc45)c4cccc5cc6ccccc6cc45)c(C)c3)C3CC4CC(C3)CC2C4)cc(C)c1N(c1cccc2cc3ccccc3cc12)c1cccc2cc3ccccc3cc12. The van der Waals surface area contributed by atoms with Gasteiger partial charge in [-0.05, 0) is 254 Å². The molecule has 4 bridgehead atoms. The fourth-order valence-corrected chi connectivity index (χ4v) is 17.5. The second kappa shape index (κ2) is 18.9. The topological polar surface area (TPSA) is 6.48 Å². The van der Waals surface area contributed by atoms with Crippen LogP contribution in [0.15, 0.2) is 243 Å². The van der Waals surface area contributed by atoms with Crippen LogP contribution in [-0.2, 0) is 5.41 Å². The Labute approximate surface area is 492 Å². The molecule has 4 saturated carbocycles. The molecule has 0 aromatic heterocycles. The molecule has 0 aliphatic heterocycles. The van der Waals surface area contributed by atoms with Crippen LogP contribution in [0, 0.1) is 51.4 Å². The summed E-state index contributed by atoms with van der Waals surface area (Å²) in [5, 5.41) is 20.1. The summed E-state index contributed by atoms with van der Waals surface area (Å²) in [7, 11) is 0. The van der Waals surface area contributed by atoms with Gasteiger partial charge in [0.15, 0.2) is 0 Å². The highest BCUT2D eigenvalue weighted by atomic mass is 15.2. The summed E-state index contributed by atoms with van der Waals surface area (Å²) in [6.45, 7) is 9.67. The Morgan fingerprint density at radius 2 is 0.500 bits per heavy atom. The second-order valence-electron chi connectivity index (χ2n) is 25.6. The normalized spacial score (nSPS) is 18.1. The van der Waals surface area contributed by atoms with Crippen molar-refractivity contribution in [3.05, 3.63) is 276 Å². The van der Waals surface area contributed by atoms with E-state index in [1.807, 2.05) is 0 Å². The van der Waals surface area contributed by atoms with Gasteiger partial charge in [0.25, 0.3) is 0 Å². The highest BCUT2D eigenvalue weighted by Gasteiger charge is 2.59. The van der Waals surface area contributed by atoms with Crippen LogP contribution in [0.2, 0.25) is 0 Å². The minimum atomic E-state index is -0.140. The number of aryl methyl sites for hydroxylation is 4. The van der Waals surface area contributed by atoms with Gasteiger partial charge in [0.1, 0.15) is 0 Å². The lowest BCUT2D eigenvalue weighted by molar-refractivity contribution is -0.0418. The van der Waals surface area contributed by atoms with Crippen LogP contribution in [-0.4, -0.2) is 0 Å². The zero-order valence-corrected chi connectivity index (χ0v) is 48.3. The maximum atomic E-state index is 2.67. The molecule has 4 fully saturated rings. The van der Waals surface area contributed by atoms with E-state index < -0.39 is 0 Å². The lowest BCUT2D eigenvalue weighted by Gasteiger charge is -2.62. The van der Waals surface area contributed by atoms with E-state index in [9.17, 15) is 0 Å². The Balaban J connectivity index is 0.883. The van der Waals surface area contributed by atoms with Crippen LogP contribution in [0.1, 0.15) is 65.5 Å². The van der Waals surface area contributed by atoms with Crippen molar-refractivity contribution in [1.29, 1.82) is 0 Å². The molecule has 4 aliphatic carbocycles. The molecule has 2 nitrogen and oxygen atoms in total. The minimum absolute atomic E-state index is 0.140. The van der Waals surface area contributed by atoms with Gasteiger partial charge in [-0.2, -0.15) is 0 Å².